The topological polar surface area (TPSA) is 63.7 Å². The molecular weight excluding hydrogens is 314 g/mol. The maximum atomic E-state index is 12.1. The maximum absolute atomic E-state index is 12.1. The van der Waals surface area contributed by atoms with Crippen LogP contribution >= 0.6 is 11.3 Å². The molecule has 0 N–H and O–H groups in total. The van der Waals surface area contributed by atoms with Crippen LogP contribution in [0.3, 0.4) is 0 Å². The molecule has 2 rings (SSSR count). The first-order chi connectivity index (χ1) is 11.0. The van der Waals surface area contributed by atoms with Gasteiger partial charge in [-0.3, -0.25) is 14.4 Å². The van der Waals surface area contributed by atoms with Gasteiger partial charge in [0, 0.05) is 19.5 Å². The lowest BCUT2D eigenvalue weighted by molar-refractivity contribution is -0.153. The van der Waals surface area contributed by atoms with E-state index in [4.69, 9.17) is 4.74 Å². The van der Waals surface area contributed by atoms with Gasteiger partial charge in [-0.05, 0) is 29.7 Å². The van der Waals surface area contributed by atoms with Gasteiger partial charge in [-0.25, -0.2) is 0 Å². The number of ketones is 1. The first-order valence-corrected chi connectivity index (χ1v) is 8.83. The number of nitrogens with zero attached hydrogens (tertiary/aromatic N) is 1. The Labute approximate surface area is 140 Å². The monoisotopic (exact) mass is 337 g/mol. The van der Waals surface area contributed by atoms with E-state index in [0.29, 0.717) is 16.7 Å². The van der Waals surface area contributed by atoms with Gasteiger partial charge in [-0.2, -0.15) is 0 Å². The van der Waals surface area contributed by atoms with Gasteiger partial charge >= 0.3 is 5.97 Å². The number of piperidine rings is 1. The normalized spacial score (nSPS) is 21.0. The van der Waals surface area contributed by atoms with E-state index in [1.54, 1.807) is 17.0 Å². The van der Waals surface area contributed by atoms with Gasteiger partial charge < -0.3 is 9.64 Å². The molecule has 1 aromatic rings. The van der Waals surface area contributed by atoms with E-state index < -0.39 is 5.97 Å². The number of amides is 1. The van der Waals surface area contributed by atoms with E-state index >= 15 is 0 Å². The average Bonchev–Trinajstić information content (AvgIpc) is 3.03. The van der Waals surface area contributed by atoms with Crippen molar-refractivity contribution in [2.24, 2.45) is 11.8 Å². The van der Waals surface area contributed by atoms with Crippen molar-refractivity contribution in [3.05, 3.63) is 22.4 Å². The van der Waals surface area contributed by atoms with Crippen LogP contribution in [0.15, 0.2) is 17.5 Å². The number of carbonyl (C=O) groups is 3. The van der Waals surface area contributed by atoms with Crippen LogP contribution in [0, 0.1) is 11.8 Å². The molecule has 0 aromatic carbocycles. The van der Waals surface area contributed by atoms with Crippen LogP contribution in [0.5, 0.6) is 0 Å². The summed E-state index contributed by atoms with van der Waals surface area (Å²) in [5.74, 6) is 0.230. The lowest BCUT2D eigenvalue weighted by atomic mass is 9.92. The van der Waals surface area contributed by atoms with Crippen molar-refractivity contribution in [3.63, 3.8) is 0 Å². The van der Waals surface area contributed by atoms with Crippen LogP contribution in [0.25, 0.3) is 0 Å². The minimum atomic E-state index is -0.499. The molecule has 0 spiro atoms. The van der Waals surface area contributed by atoms with Crippen LogP contribution < -0.4 is 0 Å². The molecule has 1 aliphatic heterocycles. The van der Waals surface area contributed by atoms with Gasteiger partial charge in [0.1, 0.15) is 0 Å². The highest BCUT2D eigenvalue weighted by atomic mass is 32.1. The second kappa shape index (κ2) is 8.24. The summed E-state index contributed by atoms with van der Waals surface area (Å²) in [6, 6.07) is 3.54. The van der Waals surface area contributed by atoms with Crippen molar-refractivity contribution >= 4 is 29.0 Å². The minimum Gasteiger partial charge on any atom is -0.456 e. The van der Waals surface area contributed by atoms with Gasteiger partial charge in [-0.15, -0.1) is 11.3 Å². The van der Waals surface area contributed by atoms with Crippen LogP contribution in [0.1, 0.15) is 42.8 Å². The Bertz CT molecular complexity index is 545. The predicted molar refractivity (Wildman–Crippen MR) is 88.4 cm³/mol. The maximum Gasteiger partial charge on any atom is 0.306 e. The van der Waals surface area contributed by atoms with E-state index in [9.17, 15) is 14.4 Å². The highest BCUT2D eigenvalue weighted by Gasteiger charge is 2.25. The smallest absolute Gasteiger partial charge is 0.306 e. The first-order valence-electron chi connectivity index (χ1n) is 7.95. The summed E-state index contributed by atoms with van der Waals surface area (Å²) in [4.78, 5) is 38.0. The number of thiophene rings is 1. The zero-order chi connectivity index (χ0) is 16.8. The number of hydrogen-bond donors (Lipinski definition) is 0. The zero-order valence-corrected chi connectivity index (χ0v) is 14.4. The van der Waals surface area contributed by atoms with E-state index in [2.05, 4.69) is 13.8 Å². The van der Waals surface area contributed by atoms with Crippen LogP contribution in [0.4, 0.5) is 0 Å². The highest BCUT2D eigenvalue weighted by Crippen LogP contribution is 2.21. The lowest BCUT2D eigenvalue weighted by Gasteiger charge is -2.34. The van der Waals surface area contributed by atoms with Gasteiger partial charge in [0.15, 0.2) is 12.4 Å². The van der Waals surface area contributed by atoms with Crippen molar-refractivity contribution in [3.8, 4) is 0 Å². The fourth-order valence-electron chi connectivity index (χ4n) is 2.95. The summed E-state index contributed by atoms with van der Waals surface area (Å²) < 4.78 is 5.02. The summed E-state index contributed by atoms with van der Waals surface area (Å²) in [6.07, 6.45) is 1.25. The molecule has 23 heavy (non-hydrogen) atoms. The minimum absolute atomic E-state index is 0.0107. The Morgan fingerprint density at radius 3 is 2.52 bits per heavy atom. The molecule has 0 aliphatic carbocycles. The van der Waals surface area contributed by atoms with Crippen LogP contribution in [-0.4, -0.2) is 42.3 Å². The largest absolute Gasteiger partial charge is 0.456 e. The molecule has 0 unspecified atom stereocenters. The SMILES string of the molecule is C[C@@H]1C[C@H](C)CN(C(=O)COC(=O)CCC(=O)c2cccs2)C1. The Balaban J connectivity index is 1.69. The fraction of sp³-hybridized carbons (Fsp3) is 0.588. The number of Topliss-reactive ketones (excluding diaryl/α,β-unsaturated/α-hetero) is 1. The lowest BCUT2D eigenvalue weighted by Crippen LogP contribution is -2.44. The average molecular weight is 337 g/mol. The summed E-state index contributed by atoms with van der Waals surface area (Å²) in [7, 11) is 0. The highest BCUT2D eigenvalue weighted by molar-refractivity contribution is 7.12. The fourth-order valence-corrected chi connectivity index (χ4v) is 3.64. The quantitative estimate of drug-likeness (QED) is 0.591. The number of hydrogen-bond acceptors (Lipinski definition) is 5. The standard InChI is InChI=1S/C17H23NO4S/c1-12-8-13(2)10-18(9-12)16(20)11-22-17(21)6-5-14(19)15-4-3-7-23-15/h3-4,7,12-13H,5-6,8-11H2,1-2H3/t12-,13+. The van der Waals surface area contributed by atoms with Crippen molar-refractivity contribution < 1.29 is 19.1 Å². The predicted octanol–water partition coefficient (Wildman–Crippen LogP) is 2.76. The number of ether oxygens (including phenoxy) is 1. The van der Waals surface area contributed by atoms with Crippen molar-refractivity contribution in [2.75, 3.05) is 19.7 Å². The molecule has 0 bridgehead atoms. The van der Waals surface area contributed by atoms with E-state index in [-0.39, 0.29) is 31.1 Å². The number of likely N-dealkylation sites (tertiary alicyclic amines) is 1. The molecular formula is C17H23NO4S. The third-order valence-corrected chi connectivity index (χ3v) is 4.84. The number of esters is 1. The summed E-state index contributed by atoms with van der Waals surface area (Å²) in [6.45, 7) is 5.46. The Kier molecular flexibility index (Phi) is 6.33. The summed E-state index contributed by atoms with van der Waals surface area (Å²) in [5, 5.41) is 1.82. The van der Waals surface area contributed by atoms with Crippen molar-refractivity contribution in [1.82, 2.24) is 4.90 Å². The molecule has 1 aliphatic rings. The molecule has 2 atom stereocenters. The number of rotatable bonds is 6. The molecule has 1 saturated heterocycles. The molecule has 1 aromatic heterocycles. The van der Waals surface area contributed by atoms with Gasteiger partial charge in [-0.1, -0.05) is 19.9 Å². The summed E-state index contributed by atoms with van der Waals surface area (Å²) >= 11 is 1.36. The van der Waals surface area contributed by atoms with E-state index in [1.165, 1.54) is 11.3 Å². The molecule has 5 nitrogen and oxygen atoms in total. The molecule has 1 amide bonds. The molecule has 2 heterocycles. The number of carbonyl (C=O) groups excluding carboxylic acids is 3. The van der Waals surface area contributed by atoms with Crippen molar-refractivity contribution in [2.45, 2.75) is 33.1 Å². The van der Waals surface area contributed by atoms with Crippen LogP contribution in [0.2, 0.25) is 0 Å². The van der Waals surface area contributed by atoms with Gasteiger partial charge in [0.05, 0.1) is 11.3 Å². The van der Waals surface area contributed by atoms with Gasteiger partial charge in [0.25, 0.3) is 5.91 Å². The molecule has 6 heteroatoms. The second-order valence-corrected chi connectivity index (χ2v) is 7.25. The molecule has 1 fully saturated rings. The Morgan fingerprint density at radius 1 is 1.22 bits per heavy atom. The van der Waals surface area contributed by atoms with E-state index in [1.807, 2.05) is 5.38 Å². The molecule has 126 valence electrons. The molecule has 0 radical (unpaired) electrons. The molecule has 0 saturated carbocycles. The van der Waals surface area contributed by atoms with Crippen LogP contribution in [-0.2, 0) is 14.3 Å². The second-order valence-electron chi connectivity index (χ2n) is 6.31. The Morgan fingerprint density at radius 2 is 1.91 bits per heavy atom. The first kappa shape index (κ1) is 17.7. The van der Waals surface area contributed by atoms with Gasteiger partial charge in [0.2, 0.25) is 0 Å². The van der Waals surface area contributed by atoms with E-state index in [0.717, 1.165) is 19.5 Å². The zero-order valence-electron chi connectivity index (χ0n) is 13.6. The Hall–Kier alpha value is -1.69. The third kappa shape index (κ3) is 5.46. The van der Waals surface area contributed by atoms with Crippen molar-refractivity contribution in [1.29, 1.82) is 0 Å². The third-order valence-electron chi connectivity index (χ3n) is 3.93. The summed E-state index contributed by atoms with van der Waals surface area (Å²) in [5.41, 5.74) is 0.